The fourth-order valence-corrected chi connectivity index (χ4v) is 3.58. The molecule has 0 aliphatic carbocycles. The van der Waals surface area contributed by atoms with Crippen molar-refractivity contribution in [3.8, 4) is 0 Å². The van der Waals surface area contributed by atoms with Gasteiger partial charge in [-0.15, -0.1) is 0 Å². The van der Waals surface area contributed by atoms with Crippen LogP contribution in [0, 0.1) is 6.92 Å². The van der Waals surface area contributed by atoms with Gasteiger partial charge in [-0.1, -0.05) is 6.07 Å². The number of carbonyl (C=O) groups excluding carboxylic acids is 2. The third kappa shape index (κ3) is 5.32. The molecule has 1 aliphatic rings. The van der Waals surface area contributed by atoms with Gasteiger partial charge in [0.2, 0.25) is 5.91 Å². The minimum absolute atomic E-state index is 0.0104. The molecule has 1 N–H and O–H groups in total. The number of likely N-dealkylation sites (tertiary alicyclic amines) is 1. The van der Waals surface area contributed by atoms with Crippen molar-refractivity contribution in [1.29, 1.82) is 0 Å². The van der Waals surface area contributed by atoms with E-state index < -0.39 is 0 Å². The van der Waals surface area contributed by atoms with Crippen LogP contribution >= 0.6 is 0 Å². The van der Waals surface area contributed by atoms with Crippen molar-refractivity contribution in [2.75, 3.05) is 32.5 Å². The number of anilines is 1. The van der Waals surface area contributed by atoms with Gasteiger partial charge in [-0.2, -0.15) is 0 Å². The van der Waals surface area contributed by atoms with Gasteiger partial charge in [0.1, 0.15) is 6.54 Å². The molecule has 1 fully saturated rings. The van der Waals surface area contributed by atoms with Crippen molar-refractivity contribution in [3.05, 3.63) is 64.1 Å². The molecular formula is C22H28N4O3. The summed E-state index contributed by atoms with van der Waals surface area (Å²) in [5.41, 5.74) is 1.88. The Morgan fingerprint density at radius 1 is 1.10 bits per heavy atom. The molecule has 0 atom stereocenters. The van der Waals surface area contributed by atoms with Crippen LogP contribution in [0.15, 0.2) is 47.4 Å². The number of aromatic nitrogens is 1. The summed E-state index contributed by atoms with van der Waals surface area (Å²) in [5, 5.41) is 2.77. The first kappa shape index (κ1) is 20.8. The van der Waals surface area contributed by atoms with Gasteiger partial charge in [-0.25, -0.2) is 0 Å². The number of piperidine rings is 1. The van der Waals surface area contributed by atoms with Crippen LogP contribution in [0.2, 0.25) is 0 Å². The number of amides is 2. The number of aryl methyl sites for hydroxylation is 1. The summed E-state index contributed by atoms with van der Waals surface area (Å²) in [5.74, 6) is -0.302. The van der Waals surface area contributed by atoms with Gasteiger partial charge in [0.05, 0.1) is 0 Å². The third-order valence-corrected chi connectivity index (χ3v) is 5.42. The van der Waals surface area contributed by atoms with E-state index in [2.05, 4.69) is 17.3 Å². The quantitative estimate of drug-likeness (QED) is 0.838. The number of hydrogen-bond donors (Lipinski definition) is 1. The van der Waals surface area contributed by atoms with Gasteiger partial charge >= 0.3 is 0 Å². The lowest BCUT2D eigenvalue weighted by Gasteiger charge is -2.35. The lowest BCUT2D eigenvalue weighted by Crippen LogP contribution is -2.44. The summed E-state index contributed by atoms with van der Waals surface area (Å²) in [4.78, 5) is 40.9. The average Bonchev–Trinajstić information content (AvgIpc) is 2.71. The van der Waals surface area contributed by atoms with Gasteiger partial charge in [0, 0.05) is 36.6 Å². The van der Waals surface area contributed by atoms with Crippen molar-refractivity contribution in [3.63, 3.8) is 0 Å². The fourth-order valence-electron chi connectivity index (χ4n) is 3.58. The summed E-state index contributed by atoms with van der Waals surface area (Å²) >= 11 is 0. The van der Waals surface area contributed by atoms with Crippen molar-refractivity contribution < 1.29 is 9.59 Å². The molecule has 1 aromatic carbocycles. The zero-order valence-electron chi connectivity index (χ0n) is 17.2. The van der Waals surface area contributed by atoms with E-state index in [1.807, 2.05) is 18.9 Å². The number of pyridine rings is 1. The Morgan fingerprint density at radius 2 is 1.76 bits per heavy atom. The van der Waals surface area contributed by atoms with Crippen LogP contribution < -0.4 is 10.9 Å². The first-order valence-corrected chi connectivity index (χ1v) is 9.86. The molecule has 2 amide bonds. The largest absolute Gasteiger partial charge is 0.339 e. The summed E-state index contributed by atoms with van der Waals surface area (Å²) in [6.45, 7) is 3.81. The predicted octanol–water partition coefficient (Wildman–Crippen LogP) is 1.96. The lowest BCUT2D eigenvalue weighted by molar-refractivity contribution is -0.116. The second kappa shape index (κ2) is 9.05. The summed E-state index contributed by atoms with van der Waals surface area (Å²) in [7, 11) is 3.95. The van der Waals surface area contributed by atoms with Crippen LogP contribution in [0.25, 0.3) is 0 Å². The number of carbonyl (C=O) groups is 2. The monoisotopic (exact) mass is 396 g/mol. The van der Waals surface area contributed by atoms with Crippen LogP contribution in [0.4, 0.5) is 5.69 Å². The first-order chi connectivity index (χ1) is 13.8. The predicted molar refractivity (Wildman–Crippen MR) is 113 cm³/mol. The molecule has 154 valence electrons. The van der Waals surface area contributed by atoms with E-state index in [1.54, 1.807) is 36.5 Å². The maximum absolute atomic E-state index is 12.8. The first-order valence-electron chi connectivity index (χ1n) is 9.86. The van der Waals surface area contributed by atoms with E-state index >= 15 is 0 Å². The van der Waals surface area contributed by atoms with Crippen LogP contribution in [0.1, 0.15) is 28.8 Å². The Labute approximate surface area is 170 Å². The average molecular weight is 396 g/mol. The highest BCUT2D eigenvalue weighted by Gasteiger charge is 2.24. The smallest absolute Gasteiger partial charge is 0.253 e. The minimum atomic E-state index is -0.291. The van der Waals surface area contributed by atoms with Crippen molar-refractivity contribution in [2.24, 2.45) is 0 Å². The molecule has 0 saturated carbocycles. The maximum Gasteiger partial charge on any atom is 0.253 e. The fraction of sp³-hybridized carbons (Fsp3) is 0.409. The molecule has 0 radical (unpaired) electrons. The van der Waals surface area contributed by atoms with Crippen LogP contribution in [-0.4, -0.2) is 59.4 Å². The molecule has 1 aliphatic heterocycles. The Morgan fingerprint density at radius 3 is 2.41 bits per heavy atom. The number of rotatable bonds is 5. The van der Waals surface area contributed by atoms with E-state index in [-0.39, 0.29) is 30.0 Å². The second-order valence-electron chi connectivity index (χ2n) is 7.75. The van der Waals surface area contributed by atoms with E-state index in [9.17, 15) is 14.4 Å². The number of benzene rings is 1. The van der Waals surface area contributed by atoms with E-state index in [1.165, 1.54) is 10.6 Å². The Bertz CT molecular complexity index is 928. The third-order valence-electron chi connectivity index (χ3n) is 5.42. The van der Waals surface area contributed by atoms with Crippen molar-refractivity contribution >= 4 is 17.5 Å². The van der Waals surface area contributed by atoms with E-state index in [0.29, 0.717) is 11.3 Å². The molecule has 1 saturated heterocycles. The van der Waals surface area contributed by atoms with Gasteiger partial charge in [0.15, 0.2) is 0 Å². The molecule has 0 spiro atoms. The zero-order chi connectivity index (χ0) is 21.0. The molecule has 0 unspecified atom stereocenters. The normalized spacial score (nSPS) is 15.1. The molecule has 0 bridgehead atoms. The topological polar surface area (TPSA) is 74.6 Å². The molecule has 2 heterocycles. The summed E-state index contributed by atoms with van der Waals surface area (Å²) in [6, 6.07) is 10.3. The summed E-state index contributed by atoms with van der Waals surface area (Å²) in [6.07, 6.45) is 3.61. The second-order valence-corrected chi connectivity index (χ2v) is 7.75. The van der Waals surface area contributed by atoms with Gasteiger partial charge in [-0.05, 0) is 69.7 Å². The zero-order valence-corrected chi connectivity index (χ0v) is 17.2. The highest BCUT2D eigenvalue weighted by atomic mass is 16.2. The Kier molecular flexibility index (Phi) is 6.49. The van der Waals surface area contributed by atoms with E-state index in [4.69, 9.17) is 0 Å². The number of nitrogens with zero attached hydrogens (tertiary/aromatic N) is 3. The van der Waals surface area contributed by atoms with E-state index in [0.717, 1.165) is 31.5 Å². The van der Waals surface area contributed by atoms with Crippen molar-refractivity contribution in [1.82, 2.24) is 14.4 Å². The van der Waals surface area contributed by atoms with Crippen LogP contribution in [-0.2, 0) is 11.3 Å². The number of hydrogen-bond acceptors (Lipinski definition) is 4. The molecule has 2 aromatic rings. The van der Waals surface area contributed by atoms with Gasteiger partial charge in [0.25, 0.3) is 11.5 Å². The Balaban J connectivity index is 1.59. The SMILES string of the molecule is Cc1ccc(=O)n(CC(=O)Nc2ccc(C(=O)N(C)C3CCN(C)CC3)cc2)c1. The standard InChI is InChI=1S/C22H28N4O3/c1-16-4-9-21(28)26(14-16)15-20(27)23-18-7-5-17(6-8-18)22(29)25(3)19-10-12-24(2)13-11-19/h4-9,14,19H,10-13,15H2,1-3H3,(H,23,27). The molecule has 1 aromatic heterocycles. The van der Waals surface area contributed by atoms with Gasteiger partial charge in [-0.3, -0.25) is 14.4 Å². The van der Waals surface area contributed by atoms with Crippen LogP contribution in [0.5, 0.6) is 0 Å². The van der Waals surface area contributed by atoms with Crippen LogP contribution in [0.3, 0.4) is 0 Å². The highest BCUT2D eigenvalue weighted by molar-refractivity contribution is 5.95. The number of nitrogens with one attached hydrogen (secondary N) is 1. The maximum atomic E-state index is 12.8. The summed E-state index contributed by atoms with van der Waals surface area (Å²) < 4.78 is 1.37. The van der Waals surface area contributed by atoms with Gasteiger partial charge < -0.3 is 19.7 Å². The Hall–Kier alpha value is -2.93. The van der Waals surface area contributed by atoms with Crippen molar-refractivity contribution in [2.45, 2.75) is 32.4 Å². The molecule has 7 nitrogen and oxygen atoms in total. The molecule has 29 heavy (non-hydrogen) atoms. The lowest BCUT2D eigenvalue weighted by atomic mass is 10.0. The molecule has 3 rings (SSSR count). The molecule has 7 heteroatoms. The molecular weight excluding hydrogens is 368 g/mol. The minimum Gasteiger partial charge on any atom is -0.339 e. The highest BCUT2D eigenvalue weighted by Crippen LogP contribution is 2.18.